The molecule has 1 amide bonds. The van der Waals surface area contributed by atoms with Crippen LogP contribution in [0.1, 0.15) is 18.4 Å². The molecule has 8 nitrogen and oxygen atoms in total. The number of rotatable bonds is 5. The van der Waals surface area contributed by atoms with Gasteiger partial charge in [-0.15, -0.1) is 0 Å². The van der Waals surface area contributed by atoms with Gasteiger partial charge in [-0.3, -0.25) is 9.80 Å². The molecule has 0 saturated carbocycles. The summed E-state index contributed by atoms with van der Waals surface area (Å²) in [6.45, 7) is 2.07. The molecule has 2 saturated heterocycles. The monoisotopic (exact) mass is 335 g/mol. The first kappa shape index (κ1) is 16.5. The molecule has 24 heavy (non-hydrogen) atoms. The third-order valence-electron chi connectivity index (χ3n) is 4.34. The Morgan fingerprint density at radius 3 is 2.79 bits per heavy atom. The van der Waals surface area contributed by atoms with Crippen LogP contribution in [0.3, 0.4) is 0 Å². The van der Waals surface area contributed by atoms with Gasteiger partial charge in [0, 0.05) is 25.3 Å². The fourth-order valence-electron chi connectivity index (χ4n) is 3.16. The number of carbonyl (C=O) groups excluding carboxylic acids is 1. The lowest BCUT2D eigenvalue weighted by Crippen LogP contribution is -2.40. The number of cyclic esters (lactones) is 1. The van der Waals surface area contributed by atoms with Gasteiger partial charge >= 0.3 is 12.2 Å². The molecule has 8 heteroatoms. The van der Waals surface area contributed by atoms with E-state index in [1.807, 2.05) is 29.2 Å². The van der Waals surface area contributed by atoms with Crippen LogP contribution in [0.2, 0.25) is 0 Å². The fourth-order valence-corrected chi connectivity index (χ4v) is 3.16. The van der Waals surface area contributed by atoms with Crippen LogP contribution < -0.4 is 10.6 Å². The summed E-state index contributed by atoms with van der Waals surface area (Å²) >= 11 is 0. The van der Waals surface area contributed by atoms with Gasteiger partial charge in [-0.1, -0.05) is 12.1 Å². The van der Waals surface area contributed by atoms with E-state index in [0.717, 1.165) is 24.2 Å². The highest BCUT2D eigenvalue weighted by Gasteiger charge is 2.37. The summed E-state index contributed by atoms with van der Waals surface area (Å²) in [4.78, 5) is 26.3. The van der Waals surface area contributed by atoms with E-state index in [0.29, 0.717) is 26.1 Å². The van der Waals surface area contributed by atoms with Crippen molar-refractivity contribution in [3.05, 3.63) is 29.8 Å². The fraction of sp³-hybridized carbons (Fsp3) is 0.500. The summed E-state index contributed by atoms with van der Waals surface area (Å²) in [6.07, 6.45) is -0.920. The molecular formula is C16H21N3O5. The van der Waals surface area contributed by atoms with Crippen molar-refractivity contribution in [2.75, 3.05) is 24.5 Å². The van der Waals surface area contributed by atoms with Crippen molar-refractivity contribution >= 4 is 17.9 Å². The molecule has 2 fully saturated rings. The highest BCUT2D eigenvalue weighted by molar-refractivity contribution is 5.89. The van der Waals surface area contributed by atoms with Crippen LogP contribution in [-0.2, 0) is 16.0 Å². The average molecular weight is 335 g/mol. The lowest BCUT2D eigenvalue weighted by Gasteiger charge is -2.24. The molecule has 130 valence electrons. The van der Waals surface area contributed by atoms with E-state index >= 15 is 0 Å². The summed E-state index contributed by atoms with van der Waals surface area (Å²) in [5, 5.41) is 8.78. The number of nitrogens with zero attached hydrogens (tertiary/aromatic N) is 2. The van der Waals surface area contributed by atoms with Gasteiger partial charge in [0.25, 0.3) is 0 Å². The number of nitrogens with two attached hydrogens (primary N) is 1. The molecule has 0 aromatic heterocycles. The van der Waals surface area contributed by atoms with Crippen molar-refractivity contribution in [3.63, 3.8) is 0 Å². The largest absolute Gasteiger partial charge is 0.507 e. The zero-order valence-electron chi connectivity index (χ0n) is 13.3. The number of hydrogen-bond acceptors (Lipinski definition) is 6. The van der Waals surface area contributed by atoms with Crippen LogP contribution in [0.25, 0.3) is 0 Å². The molecule has 3 rings (SSSR count). The molecule has 0 bridgehead atoms. The van der Waals surface area contributed by atoms with Gasteiger partial charge < -0.3 is 20.3 Å². The second-order valence-electron chi connectivity index (χ2n) is 5.96. The van der Waals surface area contributed by atoms with Gasteiger partial charge in [0.15, 0.2) is 6.23 Å². The maximum absolute atomic E-state index is 12.1. The van der Waals surface area contributed by atoms with Crippen LogP contribution in [0.5, 0.6) is 0 Å². The van der Waals surface area contributed by atoms with Gasteiger partial charge in [0.2, 0.25) is 0 Å². The first-order chi connectivity index (χ1) is 11.6. The average Bonchev–Trinajstić information content (AvgIpc) is 3.14. The summed E-state index contributed by atoms with van der Waals surface area (Å²) < 4.78 is 10.3. The summed E-state index contributed by atoms with van der Waals surface area (Å²) in [7, 11) is 0. The molecule has 1 aromatic rings. The molecule has 2 aliphatic heterocycles. The SMILES string of the molecule is NCc1ccc(N2CC(CN3CCCC3OC(=O)O)OC2=O)cc1. The first-order valence-corrected chi connectivity index (χ1v) is 7.97. The lowest BCUT2D eigenvalue weighted by atomic mass is 10.2. The zero-order chi connectivity index (χ0) is 17.1. The zero-order valence-corrected chi connectivity index (χ0v) is 13.3. The topological polar surface area (TPSA) is 105 Å². The first-order valence-electron chi connectivity index (χ1n) is 7.97. The molecule has 0 radical (unpaired) electrons. The third-order valence-corrected chi connectivity index (χ3v) is 4.34. The molecule has 2 atom stereocenters. The number of carboxylic acid groups (broad SMARTS) is 1. The molecule has 2 aliphatic rings. The number of anilines is 1. The molecular weight excluding hydrogens is 314 g/mol. The van der Waals surface area contributed by atoms with Crippen molar-refractivity contribution in [3.8, 4) is 0 Å². The second kappa shape index (κ2) is 7.06. The van der Waals surface area contributed by atoms with Crippen LogP contribution in [0.4, 0.5) is 15.3 Å². The minimum atomic E-state index is -1.28. The Hall–Kier alpha value is -2.32. The number of carbonyl (C=O) groups is 2. The molecule has 2 unspecified atom stereocenters. The minimum absolute atomic E-state index is 0.315. The third kappa shape index (κ3) is 3.60. The maximum Gasteiger partial charge on any atom is 0.507 e. The summed E-state index contributed by atoms with van der Waals surface area (Å²) in [5.74, 6) is 0. The Balaban J connectivity index is 1.60. The van der Waals surface area contributed by atoms with E-state index in [9.17, 15) is 9.59 Å². The number of amides is 1. The van der Waals surface area contributed by atoms with E-state index in [1.165, 1.54) is 0 Å². The van der Waals surface area contributed by atoms with Crippen LogP contribution in [-0.4, -0.2) is 54.2 Å². The van der Waals surface area contributed by atoms with Crippen LogP contribution >= 0.6 is 0 Å². The van der Waals surface area contributed by atoms with Crippen molar-refractivity contribution in [2.45, 2.75) is 31.7 Å². The van der Waals surface area contributed by atoms with E-state index in [1.54, 1.807) is 4.90 Å². The van der Waals surface area contributed by atoms with Gasteiger partial charge in [-0.25, -0.2) is 9.59 Å². The molecule has 0 aliphatic carbocycles. The molecule has 0 spiro atoms. The quantitative estimate of drug-likeness (QED) is 0.787. The summed E-state index contributed by atoms with van der Waals surface area (Å²) in [6, 6.07) is 7.45. The molecule has 2 heterocycles. The molecule has 3 N–H and O–H groups in total. The second-order valence-corrected chi connectivity index (χ2v) is 5.96. The molecule has 1 aromatic carbocycles. The van der Waals surface area contributed by atoms with Gasteiger partial charge in [0.05, 0.1) is 6.54 Å². The van der Waals surface area contributed by atoms with Gasteiger partial charge in [-0.05, 0) is 30.5 Å². The predicted molar refractivity (Wildman–Crippen MR) is 85.7 cm³/mol. The number of hydrogen-bond donors (Lipinski definition) is 2. The number of ether oxygens (including phenoxy) is 2. The summed E-state index contributed by atoms with van der Waals surface area (Å²) in [5.41, 5.74) is 7.33. The normalized spacial score (nSPS) is 24.2. The predicted octanol–water partition coefficient (Wildman–Crippen LogP) is 1.59. The van der Waals surface area contributed by atoms with Crippen molar-refractivity contribution in [2.24, 2.45) is 5.73 Å². The van der Waals surface area contributed by atoms with E-state index in [4.69, 9.17) is 20.3 Å². The van der Waals surface area contributed by atoms with Crippen LogP contribution in [0, 0.1) is 0 Å². The van der Waals surface area contributed by atoms with Crippen molar-refractivity contribution in [1.29, 1.82) is 0 Å². The smallest absolute Gasteiger partial charge is 0.450 e. The Bertz CT molecular complexity index is 606. The standard InChI is InChI=1S/C16H21N3O5/c17-8-11-3-5-12(6-4-11)19-10-13(23-15(19)20)9-18-7-1-2-14(18)24-16(21)22/h3-6,13-14H,1-2,7-10,17H2,(H,21,22). The van der Waals surface area contributed by atoms with Crippen molar-refractivity contribution in [1.82, 2.24) is 4.90 Å². The minimum Gasteiger partial charge on any atom is -0.450 e. The Morgan fingerprint density at radius 1 is 1.38 bits per heavy atom. The number of benzene rings is 1. The lowest BCUT2D eigenvalue weighted by molar-refractivity contribution is -0.0260. The number of likely N-dealkylation sites (tertiary alicyclic amines) is 1. The highest BCUT2D eigenvalue weighted by Crippen LogP contribution is 2.25. The van der Waals surface area contributed by atoms with E-state index < -0.39 is 18.5 Å². The van der Waals surface area contributed by atoms with E-state index in [-0.39, 0.29) is 6.10 Å². The van der Waals surface area contributed by atoms with Gasteiger partial charge in [-0.2, -0.15) is 0 Å². The highest BCUT2D eigenvalue weighted by atomic mass is 16.7. The Kier molecular flexibility index (Phi) is 4.86. The van der Waals surface area contributed by atoms with Gasteiger partial charge in [0.1, 0.15) is 6.10 Å². The Morgan fingerprint density at radius 2 is 2.12 bits per heavy atom. The maximum atomic E-state index is 12.1. The Labute approximate surface area is 139 Å². The van der Waals surface area contributed by atoms with Crippen LogP contribution in [0.15, 0.2) is 24.3 Å². The van der Waals surface area contributed by atoms with Crippen molar-refractivity contribution < 1.29 is 24.2 Å². The van der Waals surface area contributed by atoms with E-state index in [2.05, 4.69) is 0 Å².